The van der Waals surface area contributed by atoms with E-state index in [1.54, 1.807) is 6.07 Å². The molecule has 0 saturated carbocycles. The molecule has 3 nitrogen and oxygen atoms in total. The Bertz CT molecular complexity index is 888. The molecule has 1 N–H and O–H groups in total. The van der Waals surface area contributed by atoms with Crippen LogP contribution in [-0.2, 0) is 6.54 Å². The lowest BCUT2D eigenvalue weighted by Crippen LogP contribution is -2.06. The van der Waals surface area contributed by atoms with E-state index < -0.39 is 0 Å². The summed E-state index contributed by atoms with van der Waals surface area (Å²) >= 11 is 9.59. The molecule has 0 aliphatic rings. The summed E-state index contributed by atoms with van der Waals surface area (Å²) in [5.74, 6) is 0. The van der Waals surface area contributed by atoms with Crippen molar-refractivity contribution in [3.05, 3.63) is 73.5 Å². The zero-order valence-corrected chi connectivity index (χ0v) is 14.2. The highest BCUT2D eigenvalue weighted by atomic mass is 79.9. The van der Waals surface area contributed by atoms with Crippen LogP contribution in [0.1, 0.15) is 11.1 Å². The van der Waals surface area contributed by atoms with Crippen LogP contribution in [0.4, 0.5) is 5.69 Å². The smallest absolute Gasteiger partial charge is 0.336 e. The zero-order valence-electron chi connectivity index (χ0n) is 11.8. The maximum absolute atomic E-state index is 11.7. The van der Waals surface area contributed by atoms with Crippen molar-refractivity contribution < 1.29 is 4.42 Å². The Kier molecular flexibility index (Phi) is 4.23. The molecule has 1 aromatic heterocycles. The second-order valence-corrected chi connectivity index (χ2v) is 6.37. The van der Waals surface area contributed by atoms with Crippen LogP contribution in [0.15, 0.2) is 56.1 Å². The molecular formula is C17H13BrClNO2. The van der Waals surface area contributed by atoms with Crippen molar-refractivity contribution in [3.63, 3.8) is 0 Å². The summed E-state index contributed by atoms with van der Waals surface area (Å²) in [7, 11) is 0. The summed E-state index contributed by atoms with van der Waals surface area (Å²) in [5.41, 5.74) is 2.91. The normalized spacial score (nSPS) is 10.9. The number of fused-ring (bicyclic) bond motifs is 1. The number of anilines is 1. The van der Waals surface area contributed by atoms with Crippen molar-refractivity contribution >= 4 is 44.2 Å². The molecule has 0 bridgehead atoms. The molecule has 112 valence electrons. The van der Waals surface area contributed by atoms with Crippen LogP contribution in [0.2, 0.25) is 5.02 Å². The highest BCUT2D eigenvalue weighted by Crippen LogP contribution is 2.25. The lowest BCUT2D eigenvalue weighted by Gasteiger charge is -2.10. The minimum Gasteiger partial charge on any atom is -0.423 e. The van der Waals surface area contributed by atoms with Crippen LogP contribution < -0.4 is 10.9 Å². The molecule has 0 spiro atoms. The molecule has 0 unspecified atom stereocenters. The van der Waals surface area contributed by atoms with E-state index in [-0.39, 0.29) is 5.63 Å². The molecule has 1 heterocycles. The maximum Gasteiger partial charge on any atom is 0.336 e. The Morgan fingerprint density at radius 1 is 1.18 bits per heavy atom. The van der Waals surface area contributed by atoms with Crippen molar-refractivity contribution in [2.45, 2.75) is 13.5 Å². The van der Waals surface area contributed by atoms with Gasteiger partial charge >= 0.3 is 5.63 Å². The predicted molar refractivity (Wildman–Crippen MR) is 93.7 cm³/mol. The van der Waals surface area contributed by atoms with Crippen molar-refractivity contribution in [1.29, 1.82) is 0 Å². The van der Waals surface area contributed by atoms with Crippen LogP contribution in [0.3, 0.4) is 0 Å². The molecule has 2 aromatic carbocycles. The van der Waals surface area contributed by atoms with Gasteiger partial charge in [-0.25, -0.2) is 4.79 Å². The van der Waals surface area contributed by atoms with Gasteiger partial charge in [0, 0.05) is 33.2 Å². The molecule has 0 aliphatic carbocycles. The minimum atomic E-state index is -0.359. The third kappa shape index (κ3) is 3.18. The van der Waals surface area contributed by atoms with Gasteiger partial charge in [0.05, 0.1) is 0 Å². The summed E-state index contributed by atoms with van der Waals surface area (Å²) in [6.07, 6.45) is 0. The highest BCUT2D eigenvalue weighted by molar-refractivity contribution is 9.10. The summed E-state index contributed by atoms with van der Waals surface area (Å²) < 4.78 is 6.28. The fourth-order valence-corrected chi connectivity index (χ4v) is 2.69. The Labute approximate surface area is 141 Å². The highest BCUT2D eigenvalue weighted by Gasteiger charge is 2.08. The van der Waals surface area contributed by atoms with E-state index >= 15 is 0 Å². The predicted octanol–water partition coefficient (Wildman–Crippen LogP) is 5.13. The zero-order chi connectivity index (χ0) is 15.7. The molecule has 22 heavy (non-hydrogen) atoms. The van der Waals surface area contributed by atoms with Gasteiger partial charge in [0.25, 0.3) is 0 Å². The Balaban J connectivity index is 1.97. The average Bonchev–Trinajstić information content (AvgIpc) is 2.48. The van der Waals surface area contributed by atoms with Gasteiger partial charge in [-0.15, -0.1) is 0 Å². The van der Waals surface area contributed by atoms with Gasteiger partial charge in [0.1, 0.15) is 5.58 Å². The summed E-state index contributed by atoms with van der Waals surface area (Å²) in [4.78, 5) is 11.7. The minimum absolute atomic E-state index is 0.359. The van der Waals surface area contributed by atoms with Crippen molar-refractivity contribution in [3.8, 4) is 0 Å². The van der Waals surface area contributed by atoms with E-state index in [0.29, 0.717) is 17.2 Å². The Morgan fingerprint density at radius 3 is 2.64 bits per heavy atom. The van der Waals surface area contributed by atoms with E-state index in [0.717, 1.165) is 26.7 Å². The van der Waals surface area contributed by atoms with Crippen LogP contribution in [0.5, 0.6) is 0 Å². The first-order valence-corrected chi connectivity index (χ1v) is 7.92. The van der Waals surface area contributed by atoms with Crippen LogP contribution >= 0.6 is 27.5 Å². The first-order chi connectivity index (χ1) is 10.5. The van der Waals surface area contributed by atoms with Crippen molar-refractivity contribution in [2.75, 3.05) is 5.32 Å². The van der Waals surface area contributed by atoms with Gasteiger partial charge in [-0.1, -0.05) is 27.5 Å². The lowest BCUT2D eigenvalue weighted by molar-refractivity contribution is 0.559. The molecule has 0 amide bonds. The van der Waals surface area contributed by atoms with Crippen molar-refractivity contribution in [2.24, 2.45) is 0 Å². The number of rotatable bonds is 3. The fourth-order valence-electron chi connectivity index (χ4n) is 2.26. The van der Waals surface area contributed by atoms with Gasteiger partial charge in [0.15, 0.2) is 0 Å². The first kappa shape index (κ1) is 15.1. The number of benzene rings is 2. The third-order valence-corrected chi connectivity index (χ3v) is 4.37. The van der Waals surface area contributed by atoms with Gasteiger partial charge in [-0.05, 0) is 54.4 Å². The van der Waals surface area contributed by atoms with Crippen LogP contribution in [0.25, 0.3) is 11.0 Å². The van der Waals surface area contributed by atoms with E-state index in [2.05, 4.69) is 21.2 Å². The number of hydrogen-bond acceptors (Lipinski definition) is 3. The molecular weight excluding hydrogens is 366 g/mol. The Hall–Kier alpha value is -1.78. The van der Waals surface area contributed by atoms with Gasteiger partial charge < -0.3 is 9.73 Å². The molecule has 5 heteroatoms. The van der Waals surface area contributed by atoms with E-state index in [1.165, 1.54) is 6.07 Å². The molecule has 0 aliphatic heterocycles. The first-order valence-electron chi connectivity index (χ1n) is 6.75. The lowest BCUT2D eigenvalue weighted by atomic mass is 10.1. The second kappa shape index (κ2) is 6.15. The fraction of sp³-hybridized carbons (Fsp3) is 0.118. The number of nitrogens with one attached hydrogen (secondary N) is 1. The molecule has 0 atom stereocenters. The standard InChI is InChI=1S/C17H13BrClNO2/c1-10-6-16-14(8-15(10)19)11(7-17(21)22-16)9-20-13-4-2-12(18)3-5-13/h2-8,20H,9H2,1H3. The van der Waals surface area contributed by atoms with Gasteiger partial charge in [0.2, 0.25) is 0 Å². The average molecular weight is 379 g/mol. The van der Waals surface area contributed by atoms with E-state index in [1.807, 2.05) is 37.3 Å². The van der Waals surface area contributed by atoms with Crippen LogP contribution in [0, 0.1) is 6.92 Å². The second-order valence-electron chi connectivity index (χ2n) is 5.05. The number of halogens is 2. The maximum atomic E-state index is 11.7. The summed E-state index contributed by atoms with van der Waals surface area (Å²) in [6.45, 7) is 2.40. The SMILES string of the molecule is Cc1cc2oc(=O)cc(CNc3ccc(Br)cc3)c2cc1Cl. The topological polar surface area (TPSA) is 42.2 Å². The van der Waals surface area contributed by atoms with E-state index in [4.69, 9.17) is 16.0 Å². The van der Waals surface area contributed by atoms with Gasteiger partial charge in [-0.3, -0.25) is 0 Å². The third-order valence-electron chi connectivity index (χ3n) is 3.44. The summed E-state index contributed by atoms with van der Waals surface area (Å²) in [6, 6.07) is 13.0. The Morgan fingerprint density at radius 2 is 1.91 bits per heavy atom. The molecule has 0 radical (unpaired) electrons. The molecule has 3 rings (SSSR count). The molecule has 0 fully saturated rings. The largest absolute Gasteiger partial charge is 0.423 e. The van der Waals surface area contributed by atoms with E-state index in [9.17, 15) is 4.79 Å². The quantitative estimate of drug-likeness (QED) is 0.642. The molecule has 3 aromatic rings. The van der Waals surface area contributed by atoms with Gasteiger partial charge in [-0.2, -0.15) is 0 Å². The number of hydrogen-bond donors (Lipinski definition) is 1. The van der Waals surface area contributed by atoms with Crippen LogP contribution in [-0.4, -0.2) is 0 Å². The number of aryl methyl sites for hydroxylation is 1. The summed E-state index contributed by atoms with van der Waals surface area (Å²) in [5, 5.41) is 4.80. The monoisotopic (exact) mass is 377 g/mol. The molecule has 0 saturated heterocycles. The van der Waals surface area contributed by atoms with Crippen molar-refractivity contribution in [1.82, 2.24) is 0 Å².